The Kier molecular flexibility index (Phi) is 5.63. The first-order valence-corrected chi connectivity index (χ1v) is 10.2. The summed E-state index contributed by atoms with van der Waals surface area (Å²) in [5.74, 6) is -0.910. The lowest BCUT2D eigenvalue weighted by Gasteiger charge is -2.41. The standard InChI is InChI=1S/C25H22N4O/c26-17-20-12-13-24(23-11-5-4-10-22(20)23)28-14-6-7-15-29(28)25(30)21(18-27)16-19-8-2-1-3-9-19/h1-5,8-13,21H,6-7,14-16H2. The normalized spacial score (nSPS) is 14.7. The minimum Gasteiger partial charge on any atom is -0.282 e. The van der Waals surface area contributed by atoms with Gasteiger partial charge in [-0.15, -0.1) is 0 Å². The molecule has 4 rings (SSSR count). The maximum absolute atomic E-state index is 13.4. The Bertz CT molecular complexity index is 1140. The molecule has 5 heteroatoms. The predicted molar refractivity (Wildman–Crippen MR) is 116 cm³/mol. The van der Waals surface area contributed by atoms with Crippen molar-refractivity contribution in [3.05, 3.63) is 77.9 Å². The van der Waals surface area contributed by atoms with E-state index in [4.69, 9.17) is 0 Å². The van der Waals surface area contributed by atoms with Gasteiger partial charge in [0, 0.05) is 23.9 Å². The molecule has 0 saturated carbocycles. The van der Waals surface area contributed by atoms with Crippen molar-refractivity contribution >= 4 is 22.4 Å². The van der Waals surface area contributed by atoms with Gasteiger partial charge in [-0.2, -0.15) is 10.5 Å². The average molecular weight is 394 g/mol. The number of nitrogens with zero attached hydrogens (tertiary/aromatic N) is 4. The molecule has 0 N–H and O–H groups in total. The number of hydrazine groups is 1. The zero-order valence-electron chi connectivity index (χ0n) is 16.7. The van der Waals surface area contributed by atoms with Gasteiger partial charge in [0.2, 0.25) is 0 Å². The number of carbonyl (C=O) groups excluding carboxylic acids is 1. The molecule has 1 atom stereocenters. The molecule has 1 aliphatic heterocycles. The van der Waals surface area contributed by atoms with Crippen LogP contribution < -0.4 is 5.01 Å². The first-order chi connectivity index (χ1) is 14.7. The smallest absolute Gasteiger partial charge is 0.258 e. The van der Waals surface area contributed by atoms with Gasteiger partial charge in [0.05, 0.1) is 23.4 Å². The number of anilines is 1. The van der Waals surface area contributed by atoms with E-state index in [0.717, 1.165) is 34.9 Å². The average Bonchev–Trinajstić information content (AvgIpc) is 2.82. The summed E-state index contributed by atoms with van der Waals surface area (Å²) >= 11 is 0. The van der Waals surface area contributed by atoms with Crippen LogP contribution in [0.2, 0.25) is 0 Å². The van der Waals surface area contributed by atoms with E-state index < -0.39 is 5.92 Å². The Labute approximate surface area is 176 Å². The third-order valence-corrected chi connectivity index (χ3v) is 5.57. The van der Waals surface area contributed by atoms with E-state index in [2.05, 4.69) is 12.1 Å². The number of benzene rings is 3. The van der Waals surface area contributed by atoms with E-state index in [1.54, 1.807) is 11.1 Å². The van der Waals surface area contributed by atoms with Gasteiger partial charge in [-0.05, 0) is 37.0 Å². The molecule has 0 aliphatic carbocycles. The van der Waals surface area contributed by atoms with Crippen LogP contribution in [0.5, 0.6) is 0 Å². The van der Waals surface area contributed by atoms with Crippen molar-refractivity contribution in [3.8, 4) is 12.1 Å². The molecule has 1 fully saturated rings. The Balaban J connectivity index is 1.69. The Morgan fingerprint density at radius 1 is 0.900 bits per heavy atom. The molecule has 1 unspecified atom stereocenters. The molecular formula is C25H22N4O. The summed E-state index contributed by atoms with van der Waals surface area (Å²) < 4.78 is 0. The number of carbonyl (C=O) groups is 1. The Morgan fingerprint density at radius 3 is 2.33 bits per heavy atom. The molecule has 1 saturated heterocycles. The summed E-state index contributed by atoms with van der Waals surface area (Å²) in [6, 6.07) is 25.6. The fourth-order valence-electron chi connectivity index (χ4n) is 4.07. The fourth-order valence-corrected chi connectivity index (χ4v) is 4.07. The maximum Gasteiger partial charge on any atom is 0.258 e. The highest BCUT2D eigenvalue weighted by molar-refractivity contribution is 5.98. The lowest BCUT2D eigenvalue weighted by molar-refractivity contribution is -0.135. The molecule has 5 nitrogen and oxygen atoms in total. The molecule has 0 radical (unpaired) electrons. The second-order valence-corrected chi connectivity index (χ2v) is 7.45. The van der Waals surface area contributed by atoms with Crippen LogP contribution in [0.4, 0.5) is 5.69 Å². The number of nitriles is 2. The lowest BCUT2D eigenvalue weighted by atomic mass is 9.99. The number of hydrogen-bond acceptors (Lipinski definition) is 4. The van der Waals surface area contributed by atoms with Crippen molar-refractivity contribution in [3.63, 3.8) is 0 Å². The van der Waals surface area contributed by atoms with Gasteiger partial charge in [-0.3, -0.25) is 14.8 Å². The van der Waals surface area contributed by atoms with Gasteiger partial charge in [-0.1, -0.05) is 54.6 Å². The molecule has 30 heavy (non-hydrogen) atoms. The number of fused-ring (bicyclic) bond motifs is 1. The van der Waals surface area contributed by atoms with Crippen LogP contribution in [0.3, 0.4) is 0 Å². The highest BCUT2D eigenvalue weighted by Gasteiger charge is 2.31. The monoisotopic (exact) mass is 394 g/mol. The zero-order chi connectivity index (χ0) is 20.9. The molecule has 148 valence electrons. The van der Waals surface area contributed by atoms with Gasteiger partial charge < -0.3 is 0 Å². The van der Waals surface area contributed by atoms with Crippen molar-refractivity contribution in [1.82, 2.24) is 5.01 Å². The first-order valence-electron chi connectivity index (χ1n) is 10.2. The summed E-state index contributed by atoms with van der Waals surface area (Å²) in [6.45, 7) is 1.28. The van der Waals surface area contributed by atoms with E-state index in [0.29, 0.717) is 25.1 Å². The molecule has 3 aromatic rings. The third kappa shape index (κ3) is 3.71. The van der Waals surface area contributed by atoms with Crippen molar-refractivity contribution in [2.75, 3.05) is 18.1 Å². The molecular weight excluding hydrogens is 372 g/mol. The van der Waals surface area contributed by atoms with Gasteiger partial charge in [-0.25, -0.2) is 0 Å². The molecule has 3 aromatic carbocycles. The number of amides is 1. The van der Waals surface area contributed by atoms with Crippen molar-refractivity contribution in [1.29, 1.82) is 10.5 Å². The molecule has 0 bridgehead atoms. The van der Waals surface area contributed by atoms with Crippen molar-refractivity contribution in [2.45, 2.75) is 19.3 Å². The van der Waals surface area contributed by atoms with Gasteiger partial charge in [0.25, 0.3) is 5.91 Å². The van der Waals surface area contributed by atoms with E-state index in [9.17, 15) is 15.3 Å². The van der Waals surface area contributed by atoms with Gasteiger partial charge in [0.15, 0.2) is 0 Å². The summed E-state index contributed by atoms with van der Waals surface area (Å²) in [5.41, 5.74) is 2.49. The first kappa shape index (κ1) is 19.5. The predicted octanol–water partition coefficient (Wildman–Crippen LogP) is 4.44. The van der Waals surface area contributed by atoms with Crippen LogP contribution in [-0.2, 0) is 11.2 Å². The van der Waals surface area contributed by atoms with Gasteiger partial charge >= 0.3 is 0 Å². The van der Waals surface area contributed by atoms with Crippen LogP contribution >= 0.6 is 0 Å². The van der Waals surface area contributed by atoms with Gasteiger partial charge in [0.1, 0.15) is 5.92 Å². The van der Waals surface area contributed by atoms with E-state index in [1.807, 2.05) is 65.7 Å². The van der Waals surface area contributed by atoms with Crippen molar-refractivity contribution in [2.24, 2.45) is 5.92 Å². The molecule has 0 aromatic heterocycles. The summed E-state index contributed by atoms with van der Waals surface area (Å²) in [6.07, 6.45) is 2.27. The van der Waals surface area contributed by atoms with E-state index in [-0.39, 0.29) is 5.91 Å². The zero-order valence-corrected chi connectivity index (χ0v) is 16.7. The second kappa shape index (κ2) is 8.68. The molecule has 1 heterocycles. The molecule has 1 amide bonds. The quantitative estimate of drug-likeness (QED) is 0.656. The minimum atomic E-state index is -0.738. The number of rotatable bonds is 4. The van der Waals surface area contributed by atoms with Crippen LogP contribution in [0.25, 0.3) is 10.8 Å². The highest BCUT2D eigenvalue weighted by Crippen LogP contribution is 2.32. The summed E-state index contributed by atoms with van der Waals surface area (Å²) in [4.78, 5) is 13.4. The van der Waals surface area contributed by atoms with E-state index in [1.165, 1.54) is 0 Å². The van der Waals surface area contributed by atoms with Crippen LogP contribution in [0.15, 0.2) is 66.7 Å². The maximum atomic E-state index is 13.4. The van der Waals surface area contributed by atoms with Crippen LogP contribution in [0.1, 0.15) is 24.0 Å². The van der Waals surface area contributed by atoms with Crippen LogP contribution in [0, 0.1) is 28.6 Å². The van der Waals surface area contributed by atoms with E-state index >= 15 is 0 Å². The summed E-state index contributed by atoms with van der Waals surface area (Å²) in [7, 11) is 0. The Hall–Kier alpha value is -3.83. The lowest BCUT2D eigenvalue weighted by Crippen LogP contribution is -2.53. The topological polar surface area (TPSA) is 71.1 Å². The second-order valence-electron chi connectivity index (χ2n) is 7.45. The molecule has 0 spiro atoms. The SMILES string of the molecule is N#Cc1ccc(N2CCCCN2C(=O)C(C#N)Cc2ccccc2)c2ccccc12. The van der Waals surface area contributed by atoms with Crippen molar-refractivity contribution < 1.29 is 4.79 Å². The molecule has 1 aliphatic rings. The highest BCUT2D eigenvalue weighted by atomic mass is 16.2. The number of hydrogen-bond donors (Lipinski definition) is 0. The third-order valence-electron chi connectivity index (χ3n) is 5.57. The summed E-state index contributed by atoms with van der Waals surface area (Å²) in [5, 5.41) is 24.7. The largest absolute Gasteiger partial charge is 0.282 e. The fraction of sp³-hybridized carbons (Fsp3) is 0.240. The Morgan fingerprint density at radius 2 is 1.60 bits per heavy atom. The minimum absolute atomic E-state index is 0.172. The van der Waals surface area contributed by atoms with Crippen LogP contribution in [-0.4, -0.2) is 24.0 Å².